The number of halogens is 1. The Kier molecular flexibility index (Phi) is 4.61. The van der Waals surface area contributed by atoms with Crippen molar-refractivity contribution in [2.75, 3.05) is 5.32 Å². The van der Waals surface area contributed by atoms with Crippen molar-refractivity contribution in [3.05, 3.63) is 63.1 Å². The zero-order valence-electron chi connectivity index (χ0n) is 12.0. The molecule has 0 bridgehead atoms. The Morgan fingerprint density at radius 2 is 1.75 bits per heavy atom. The van der Waals surface area contributed by atoms with Crippen molar-refractivity contribution in [2.24, 2.45) is 0 Å². The maximum absolute atomic E-state index is 12.5. The molecule has 0 saturated carbocycles. The lowest BCUT2D eigenvalue weighted by Crippen LogP contribution is -2.15. The third kappa shape index (κ3) is 3.10. The molecule has 2 aromatic carbocycles. The minimum absolute atomic E-state index is 0.0454. The van der Waals surface area contributed by atoms with Gasteiger partial charge in [0.25, 0.3) is 5.91 Å². The molecule has 1 amide bonds. The molecule has 0 aliphatic heterocycles. The summed E-state index contributed by atoms with van der Waals surface area (Å²) in [6, 6.07) is 11.7. The van der Waals surface area contributed by atoms with Crippen molar-refractivity contribution in [1.82, 2.24) is 0 Å². The summed E-state index contributed by atoms with van der Waals surface area (Å²) in [7, 11) is 0. The smallest absolute Gasteiger partial charge is 0.255 e. The van der Waals surface area contributed by atoms with E-state index in [-0.39, 0.29) is 5.91 Å². The Balaban J connectivity index is 2.33. The summed E-state index contributed by atoms with van der Waals surface area (Å²) in [6.07, 6.45) is 0.849. The Bertz CT molecular complexity index is 626. The molecule has 0 fully saturated rings. The van der Waals surface area contributed by atoms with Crippen molar-refractivity contribution in [1.29, 1.82) is 0 Å². The molecule has 104 valence electrons. The van der Waals surface area contributed by atoms with Gasteiger partial charge in [0.2, 0.25) is 0 Å². The van der Waals surface area contributed by atoms with Crippen LogP contribution in [0, 0.1) is 13.8 Å². The largest absolute Gasteiger partial charge is 0.321 e. The van der Waals surface area contributed by atoms with Crippen LogP contribution in [0.5, 0.6) is 0 Å². The van der Waals surface area contributed by atoms with Crippen molar-refractivity contribution in [3.8, 4) is 0 Å². The zero-order chi connectivity index (χ0) is 14.7. The van der Waals surface area contributed by atoms with Gasteiger partial charge in [0, 0.05) is 15.7 Å². The number of nitrogens with one attached hydrogen (secondary N) is 1. The van der Waals surface area contributed by atoms with Gasteiger partial charge in [0.05, 0.1) is 0 Å². The molecule has 0 heterocycles. The predicted octanol–water partition coefficient (Wildman–Crippen LogP) is 4.88. The van der Waals surface area contributed by atoms with E-state index in [1.807, 2.05) is 50.2 Å². The molecule has 0 radical (unpaired) electrons. The van der Waals surface area contributed by atoms with Crippen LogP contribution in [0.4, 0.5) is 5.69 Å². The number of rotatable bonds is 3. The molecular weight excluding hydrogens is 314 g/mol. The van der Waals surface area contributed by atoms with Crippen LogP contribution in [0.25, 0.3) is 0 Å². The van der Waals surface area contributed by atoms with Crippen LogP contribution >= 0.6 is 15.9 Å². The number of amides is 1. The molecule has 2 aromatic rings. The Hall–Kier alpha value is -1.61. The van der Waals surface area contributed by atoms with Gasteiger partial charge in [-0.2, -0.15) is 0 Å². The maximum Gasteiger partial charge on any atom is 0.255 e. The quantitative estimate of drug-likeness (QED) is 0.853. The van der Waals surface area contributed by atoms with Crippen molar-refractivity contribution < 1.29 is 4.79 Å². The van der Waals surface area contributed by atoms with E-state index in [1.54, 1.807) is 0 Å². The highest BCUT2D eigenvalue weighted by molar-refractivity contribution is 9.10. The minimum Gasteiger partial charge on any atom is -0.321 e. The van der Waals surface area contributed by atoms with Gasteiger partial charge >= 0.3 is 0 Å². The topological polar surface area (TPSA) is 29.1 Å². The second-order valence-electron chi connectivity index (χ2n) is 4.88. The number of aryl methyl sites for hydroxylation is 3. The normalized spacial score (nSPS) is 10.4. The summed E-state index contributed by atoms with van der Waals surface area (Å²) >= 11 is 3.47. The second kappa shape index (κ2) is 6.23. The van der Waals surface area contributed by atoms with E-state index in [0.29, 0.717) is 0 Å². The van der Waals surface area contributed by atoms with Gasteiger partial charge in [-0.3, -0.25) is 4.79 Å². The lowest BCUT2D eigenvalue weighted by Gasteiger charge is -2.14. The van der Waals surface area contributed by atoms with E-state index in [0.717, 1.165) is 38.8 Å². The molecule has 20 heavy (non-hydrogen) atoms. The Morgan fingerprint density at radius 1 is 1.15 bits per heavy atom. The number of carbonyl (C=O) groups excluding carboxylic acids is 1. The monoisotopic (exact) mass is 331 g/mol. The van der Waals surface area contributed by atoms with Gasteiger partial charge in [-0.05, 0) is 55.2 Å². The van der Waals surface area contributed by atoms with Gasteiger partial charge < -0.3 is 5.32 Å². The Labute approximate surface area is 128 Å². The molecule has 0 spiro atoms. The van der Waals surface area contributed by atoms with Crippen LogP contribution in [0.1, 0.15) is 34.0 Å². The summed E-state index contributed by atoms with van der Waals surface area (Å²) in [5.74, 6) is -0.0454. The van der Waals surface area contributed by atoms with Crippen molar-refractivity contribution >= 4 is 27.5 Å². The molecule has 0 unspecified atom stereocenters. The van der Waals surface area contributed by atoms with E-state index in [2.05, 4.69) is 28.2 Å². The first-order valence-corrected chi connectivity index (χ1v) is 7.48. The number of hydrogen-bond donors (Lipinski definition) is 1. The standard InChI is InChI=1S/C17H18BrNO/c1-4-13-7-5-6-8-15(13)17(20)19-16-11(2)9-14(18)10-12(16)3/h5-10H,4H2,1-3H3,(H,19,20). The fourth-order valence-electron chi connectivity index (χ4n) is 2.34. The number of anilines is 1. The first kappa shape index (κ1) is 14.8. The molecule has 2 nitrogen and oxygen atoms in total. The molecule has 0 aliphatic carbocycles. The zero-order valence-corrected chi connectivity index (χ0v) is 13.5. The van der Waals surface area contributed by atoms with Crippen LogP contribution in [-0.2, 0) is 6.42 Å². The highest BCUT2D eigenvalue weighted by Gasteiger charge is 2.12. The van der Waals surface area contributed by atoms with Gasteiger partial charge in [-0.1, -0.05) is 41.1 Å². The predicted molar refractivity (Wildman–Crippen MR) is 87.4 cm³/mol. The molecule has 2 rings (SSSR count). The van der Waals surface area contributed by atoms with Crippen LogP contribution in [0.2, 0.25) is 0 Å². The summed E-state index contributed by atoms with van der Waals surface area (Å²) in [6.45, 7) is 6.06. The third-order valence-electron chi connectivity index (χ3n) is 3.38. The van der Waals surface area contributed by atoms with Crippen LogP contribution < -0.4 is 5.32 Å². The molecule has 0 atom stereocenters. The second-order valence-corrected chi connectivity index (χ2v) is 5.80. The number of hydrogen-bond acceptors (Lipinski definition) is 1. The summed E-state index contributed by atoms with van der Waals surface area (Å²) in [4.78, 5) is 12.5. The van der Waals surface area contributed by atoms with E-state index >= 15 is 0 Å². The first-order valence-electron chi connectivity index (χ1n) is 6.69. The first-order chi connectivity index (χ1) is 9.52. The molecule has 0 aliphatic rings. The molecule has 3 heteroatoms. The van der Waals surface area contributed by atoms with Gasteiger partial charge in [-0.25, -0.2) is 0 Å². The average molecular weight is 332 g/mol. The van der Waals surface area contributed by atoms with Crippen LogP contribution in [0.15, 0.2) is 40.9 Å². The summed E-state index contributed by atoms with van der Waals surface area (Å²) in [5, 5.41) is 3.04. The van der Waals surface area contributed by atoms with E-state index in [9.17, 15) is 4.79 Å². The third-order valence-corrected chi connectivity index (χ3v) is 3.84. The molecule has 0 aromatic heterocycles. The average Bonchev–Trinajstić information content (AvgIpc) is 2.42. The van der Waals surface area contributed by atoms with Gasteiger partial charge in [-0.15, -0.1) is 0 Å². The molecule has 1 N–H and O–H groups in total. The lowest BCUT2D eigenvalue weighted by molar-refractivity contribution is 0.102. The number of carbonyl (C=O) groups is 1. The number of benzene rings is 2. The summed E-state index contributed by atoms with van der Waals surface area (Å²) in [5.41, 5.74) is 4.82. The van der Waals surface area contributed by atoms with E-state index in [4.69, 9.17) is 0 Å². The summed E-state index contributed by atoms with van der Waals surface area (Å²) < 4.78 is 1.03. The van der Waals surface area contributed by atoms with Crippen molar-refractivity contribution in [2.45, 2.75) is 27.2 Å². The fraction of sp³-hybridized carbons (Fsp3) is 0.235. The molecular formula is C17H18BrNO. The molecule has 0 saturated heterocycles. The van der Waals surface area contributed by atoms with E-state index in [1.165, 1.54) is 0 Å². The minimum atomic E-state index is -0.0454. The SMILES string of the molecule is CCc1ccccc1C(=O)Nc1c(C)cc(Br)cc1C. The fourth-order valence-corrected chi connectivity index (χ4v) is 3.03. The Morgan fingerprint density at radius 3 is 2.35 bits per heavy atom. The van der Waals surface area contributed by atoms with Crippen molar-refractivity contribution in [3.63, 3.8) is 0 Å². The lowest BCUT2D eigenvalue weighted by atomic mass is 10.0. The maximum atomic E-state index is 12.5. The van der Waals surface area contributed by atoms with Gasteiger partial charge in [0.1, 0.15) is 0 Å². The van der Waals surface area contributed by atoms with Gasteiger partial charge in [0.15, 0.2) is 0 Å². The highest BCUT2D eigenvalue weighted by atomic mass is 79.9. The van der Waals surface area contributed by atoms with Crippen LogP contribution in [-0.4, -0.2) is 5.91 Å². The van der Waals surface area contributed by atoms with Crippen LogP contribution in [0.3, 0.4) is 0 Å². The van der Waals surface area contributed by atoms with E-state index < -0.39 is 0 Å². The highest BCUT2D eigenvalue weighted by Crippen LogP contribution is 2.26.